The summed E-state index contributed by atoms with van der Waals surface area (Å²) >= 11 is 6.28. The van der Waals surface area contributed by atoms with Gasteiger partial charge in [0, 0.05) is 11.8 Å². The number of aliphatic hydroxyl groups excluding tert-OH is 1. The van der Waals surface area contributed by atoms with Crippen LogP contribution in [0.25, 0.3) is 5.76 Å². The smallest absolute Gasteiger partial charge is 0.300 e. The molecule has 1 aromatic heterocycles. The number of anilines is 1. The highest BCUT2D eigenvalue weighted by molar-refractivity contribution is 6.51. The van der Waals surface area contributed by atoms with Gasteiger partial charge in [-0.1, -0.05) is 29.8 Å². The van der Waals surface area contributed by atoms with E-state index in [1.165, 1.54) is 31.3 Å². The SMILES string of the molecule is COc1cc(OC)c(/C(O)=C2\C(=O)C(=O)N(c3ccccc3C)C2c2ccc(C)o2)cc1Cl. The van der Waals surface area contributed by atoms with Gasteiger partial charge in [0.1, 0.15) is 34.8 Å². The number of carbonyl (C=O) groups excluding carboxylic acids is 2. The fraction of sp³-hybridized carbons (Fsp3) is 0.200. The molecule has 7 nitrogen and oxygen atoms in total. The van der Waals surface area contributed by atoms with E-state index in [4.69, 9.17) is 25.5 Å². The first kappa shape index (κ1) is 22.5. The number of hydrogen-bond donors (Lipinski definition) is 1. The maximum absolute atomic E-state index is 13.3. The highest BCUT2D eigenvalue weighted by atomic mass is 35.5. The van der Waals surface area contributed by atoms with Crippen molar-refractivity contribution >= 4 is 34.7 Å². The summed E-state index contributed by atoms with van der Waals surface area (Å²) in [6.07, 6.45) is 0. The third-order valence-electron chi connectivity index (χ3n) is 5.58. The Bertz CT molecular complexity index is 1290. The first-order valence-electron chi connectivity index (χ1n) is 10.1. The first-order chi connectivity index (χ1) is 15.8. The van der Waals surface area contributed by atoms with E-state index in [0.29, 0.717) is 23.0 Å². The van der Waals surface area contributed by atoms with Crippen LogP contribution in [-0.4, -0.2) is 31.0 Å². The Balaban J connectivity index is 1.99. The van der Waals surface area contributed by atoms with Crippen LogP contribution in [0.3, 0.4) is 0 Å². The number of aryl methyl sites for hydroxylation is 2. The monoisotopic (exact) mass is 467 g/mol. The van der Waals surface area contributed by atoms with Crippen LogP contribution in [0, 0.1) is 13.8 Å². The summed E-state index contributed by atoms with van der Waals surface area (Å²) in [5.41, 5.74) is 1.35. The maximum Gasteiger partial charge on any atom is 0.300 e. The van der Waals surface area contributed by atoms with Gasteiger partial charge < -0.3 is 19.0 Å². The number of methoxy groups -OCH3 is 2. The van der Waals surface area contributed by atoms with Crippen molar-refractivity contribution in [1.29, 1.82) is 0 Å². The van der Waals surface area contributed by atoms with Crippen molar-refractivity contribution in [2.24, 2.45) is 0 Å². The quantitative estimate of drug-likeness (QED) is 0.315. The van der Waals surface area contributed by atoms with Gasteiger partial charge in [0.15, 0.2) is 0 Å². The number of halogens is 1. The van der Waals surface area contributed by atoms with Crippen molar-refractivity contribution in [2.75, 3.05) is 19.1 Å². The van der Waals surface area contributed by atoms with Gasteiger partial charge in [0.25, 0.3) is 11.7 Å². The van der Waals surface area contributed by atoms with E-state index in [9.17, 15) is 14.7 Å². The van der Waals surface area contributed by atoms with Crippen molar-refractivity contribution in [2.45, 2.75) is 19.9 Å². The van der Waals surface area contributed by atoms with Crippen molar-refractivity contribution in [3.05, 3.63) is 81.8 Å². The van der Waals surface area contributed by atoms with Crippen LogP contribution in [0.15, 0.2) is 58.5 Å². The molecule has 2 heterocycles. The van der Waals surface area contributed by atoms with Gasteiger partial charge in [0.05, 0.1) is 30.4 Å². The molecule has 1 fully saturated rings. The molecule has 1 amide bonds. The predicted octanol–water partition coefficient (Wildman–Crippen LogP) is 5.19. The van der Waals surface area contributed by atoms with Gasteiger partial charge in [-0.05, 0) is 43.7 Å². The zero-order valence-corrected chi connectivity index (χ0v) is 19.3. The zero-order valence-electron chi connectivity index (χ0n) is 18.5. The Hall–Kier alpha value is -3.71. The molecule has 4 rings (SSSR count). The highest BCUT2D eigenvalue weighted by Gasteiger charge is 2.49. The van der Waals surface area contributed by atoms with E-state index in [2.05, 4.69) is 0 Å². The summed E-state index contributed by atoms with van der Waals surface area (Å²) in [5, 5.41) is 11.5. The van der Waals surface area contributed by atoms with E-state index < -0.39 is 23.5 Å². The topological polar surface area (TPSA) is 89.2 Å². The fourth-order valence-corrected chi connectivity index (χ4v) is 4.22. The lowest BCUT2D eigenvalue weighted by atomic mass is 9.98. The number of ketones is 1. The Morgan fingerprint density at radius 1 is 1.03 bits per heavy atom. The molecule has 0 spiro atoms. The fourth-order valence-electron chi connectivity index (χ4n) is 3.97. The first-order valence-corrected chi connectivity index (χ1v) is 10.5. The molecule has 1 saturated heterocycles. The Morgan fingerprint density at radius 3 is 2.33 bits per heavy atom. The summed E-state index contributed by atoms with van der Waals surface area (Å²) in [6.45, 7) is 3.60. The minimum atomic E-state index is -0.981. The lowest BCUT2D eigenvalue weighted by Crippen LogP contribution is -2.29. The molecule has 2 aromatic carbocycles. The van der Waals surface area contributed by atoms with Crippen molar-refractivity contribution < 1.29 is 28.6 Å². The van der Waals surface area contributed by atoms with Crippen LogP contribution in [0.4, 0.5) is 5.69 Å². The van der Waals surface area contributed by atoms with Gasteiger partial charge in [-0.25, -0.2) is 0 Å². The molecule has 8 heteroatoms. The normalized spacial score (nSPS) is 17.5. The number of amides is 1. The highest BCUT2D eigenvalue weighted by Crippen LogP contribution is 2.45. The molecule has 0 aliphatic carbocycles. The second-order valence-electron chi connectivity index (χ2n) is 7.59. The minimum absolute atomic E-state index is 0.128. The number of furan rings is 1. The molecule has 1 N–H and O–H groups in total. The van der Waals surface area contributed by atoms with E-state index in [1.807, 2.05) is 19.1 Å². The zero-order chi connectivity index (χ0) is 23.9. The Labute approximate surface area is 195 Å². The number of carbonyl (C=O) groups is 2. The second-order valence-corrected chi connectivity index (χ2v) is 8.00. The molecule has 0 saturated carbocycles. The largest absolute Gasteiger partial charge is 0.507 e. The van der Waals surface area contributed by atoms with E-state index >= 15 is 0 Å². The number of para-hydroxylation sites is 1. The minimum Gasteiger partial charge on any atom is -0.507 e. The van der Waals surface area contributed by atoms with Gasteiger partial charge in [-0.15, -0.1) is 0 Å². The number of nitrogens with zero attached hydrogens (tertiary/aromatic N) is 1. The summed E-state index contributed by atoms with van der Waals surface area (Å²) in [7, 11) is 2.87. The van der Waals surface area contributed by atoms with Crippen LogP contribution in [0.5, 0.6) is 11.5 Å². The number of ether oxygens (including phenoxy) is 2. The molecule has 0 bridgehead atoms. The molecular weight excluding hydrogens is 446 g/mol. The van der Waals surface area contributed by atoms with Gasteiger partial charge in [0.2, 0.25) is 0 Å². The van der Waals surface area contributed by atoms with Crippen molar-refractivity contribution in [1.82, 2.24) is 0 Å². The standard InChI is InChI=1S/C25H22ClNO6/c1-13-7-5-6-8-17(13)27-22(18-10-9-14(2)33-18)21(24(29)25(27)30)23(28)15-11-16(26)20(32-4)12-19(15)31-3/h5-12,22,28H,1-4H3/b23-21+. The number of rotatable bonds is 5. The number of Topliss-reactive ketones (excluding diaryl/α,β-unsaturated/α-hetero) is 1. The molecule has 1 aliphatic rings. The van der Waals surface area contributed by atoms with E-state index in [1.54, 1.807) is 31.2 Å². The number of benzene rings is 2. The van der Waals surface area contributed by atoms with Crippen LogP contribution < -0.4 is 14.4 Å². The molecule has 1 unspecified atom stereocenters. The molecule has 0 radical (unpaired) electrons. The lowest BCUT2D eigenvalue weighted by Gasteiger charge is -2.25. The number of aliphatic hydroxyl groups is 1. The Morgan fingerprint density at radius 2 is 1.73 bits per heavy atom. The van der Waals surface area contributed by atoms with Crippen molar-refractivity contribution in [3.8, 4) is 11.5 Å². The Kier molecular flexibility index (Phi) is 5.91. The van der Waals surface area contributed by atoms with E-state index in [0.717, 1.165) is 5.56 Å². The molecule has 33 heavy (non-hydrogen) atoms. The molecular formula is C25H22ClNO6. The molecule has 3 aromatic rings. The number of hydrogen-bond acceptors (Lipinski definition) is 6. The maximum atomic E-state index is 13.3. The van der Waals surface area contributed by atoms with Gasteiger partial charge >= 0.3 is 0 Å². The average molecular weight is 468 g/mol. The third kappa shape index (κ3) is 3.74. The van der Waals surface area contributed by atoms with Gasteiger partial charge in [-0.3, -0.25) is 14.5 Å². The van der Waals surface area contributed by atoms with Crippen LogP contribution in [0.1, 0.15) is 28.7 Å². The summed E-state index contributed by atoms with van der Waals surface area (Å²) in [6, 6.07) is 12.6. The summed E-state index contributed by atoms with van der Waals surface area (Å²) in [4.78, 5) is 27.8. The molecule has 1 atom stereocenters. The lowest BCUT2D eigenvalue weighted by molar-refractivity contribution is -0.132. The predicted molar refractivity (Wildman–Crippen MR) is 124 cm³/mol. The van der Waals surface area contributed by atoms with Crippen LogP contribution in [0.2, 0.25) is 5.02 Å². The third-order valence-corrected chi connectivity index (χ3v) is 5.87. The molecule has 1 aliphatic heterocycles. The molecule has 170 valence electrons. The summed E-state index contributed by atoms with van der Waals surface area (Å²) < 4.78 is 16.4. The second kappa shape index (κ2) is 8.67. The van der Waals surface area contributed by atoms with Crippen LogP contribution in [-0.2, 0) is 9.59 Å². The summed E-state index contributed by atoms with van der Waals surface area (Å²) in [5.74, 6) is -0.536. The van der Waals surface area contributed by atoms with E-state index in [-0.39, 0.29) is 21.9 Å². The van der Waals surface area contributed by atoms with Crippen molar-refractivity contribution in [3.63, 3.8) is 0 Å². The average Bonchev–Trinajstić information content (AvgIpc) is 3.34. The van der Waals surface area contributed by atoms with Gasteiger partial charge in [-0.2, -0.15) is 0 Å². The van der Waals surface area contributed by atoms with Crippen LogP contribution >= 0.6 is 11.6 Å².